The normalized spacial score (nSPS) is 10.2. The summed E-state index contributed by atoms with van der Waals surface area (Å²) >= 11 is 0. The Morgan fingerprint density at radius 2 is 1.75 bits per heavy atom. The Balaban J connectivity index is 1.60. The Labute approximate surface area is 140 Å². The summed E-state index contributed by atoms with van der Waals surface area (Å²) in [6.45, 7) is 2.34. The van der Waals surface area contributed by atoms with Crippen LogP contribution >= 0.6 is 0 Å². The van der Waals surface area contributed by atoms with Gasteiger partial charge in [0.1, 0.15) is 6.33 Å². The van der Waals surface area contributed by atoms with Crippen LogP contribution in [0.25, 0.3) is 11.3 Å². The summed E-state index contributed by atoms with van der Waals surface area (Å²) in [4.78, 5) is 20.4. The molecule has 5 heteroatoms. The number of hydrogen-bond donors (Lipinski definition) is 2. The second-order valence-corrected chi connectivity index (χ2v) is 5.43. The zero-order chi connectivity index (χ0) is 16.8. The van der Waals surface area contributed by atoms with Crippen LogP contribution in [0.15, 0.2) is 67.0 Å². The summed E-state index contributed by atoms with van der Waals surface area (Å²) in [7, 11) is 0. The lowest BCUT2D eigenvalue weighted by atomic mass is 10.1. The molecule has 1 aromatic heterocycles. The Hall–Kier alpha value is -3.21. The first-order valence-electron chi connectivity index (χ1n) is 7.68. The van der Waals surface area contributed by atoms with Crippen LogP contribution in [-0.2, 0) is 6.54 Å². The maximum absolute atomic E-state index is 12.0. The van der Waals surface area contributed by atoms with Crippen molar-refractivity contribution >= 4 is 11.7 Å². The predicted molar refractivity (Wildman–Crippen MR) is 94.5 cm³/mol. The molecule has 0 fully saturated rings. The van der Waals surface area contributed by atoms with Gasteiger partial charge in [0.2, 0.25) is 0 Å². The van der Waals surface area contributed by atoms with Crippen LogP contribution in [0.3, 0.4) is 0 Å². The minimum Gasteiger partial charge on any atom is -0.332 e. The molecule has 24 heavy (non-hydrogen) atoms. The second-order valence-electron chi connectivity index (χ2n) is 5.43. The molecule has 1 heterocycles. The average molecular weight is 318 g/mol. The van der Waals surface area contributed by atoms with E-state index in [2.05, 4.69) is 20.6 Å². The van der Waals surface area contributed by atoms with E-state index < -0.39 is 0 Å². The molecule has 2 N–H and O–H groups in total. The highest BCUT2D eigenvalue weighted by molar-refractivity contribution is 5.89. The first kappa shape index (κ1) is 15.7. The van der Waals surface area contributed by atoms with Gasteiger partial charge in [-0.3, -0.25) is 0 Å². The molecule has 0 aliphatic carbocycles. The van der Waals surface area contributed by atoms with Gasteiger partial charge in [-0.05, 0) is 25.1 Å². The smallest absolute Gasteiger partial charge is 0.319 e. The maximum Gasteiger partial charge on any atom is 0.319 e. The number of benzene rings is 2. The number of anilines is 1. The molecule has 2 amide bonds. The molecule has 0 bridgehead atoms. The molecule has 3 aromatic rings. The van der Waals surface area contributed by atoms with Gasteiger partial charge < -0.3 is 10.6 Å². The zero-order valence-corrected chi connectivity index (χ0v) is 13.4. The van der Waals surface area contributed by atoms with Gasteiger partial charge >= 0.3 is 6.03 Å². The van der Waals surface area contributed by atoms with Crippen LogP contribution < -0.4 is 10.6 Å². The highest BCUT2D eigenvalue weighted by Crippen LogP contribution is 2.16. The van der Waals surface area contributed by atoms with E-state index in [0.717, 1.165) is 28.2 Å². The Kier molecular flexibility index (Phi) is 4.81. The lowest BCUT2D eigenvalue weighted by molar-refractivity contribution is 0.251. The van der Waals surface area contributed by atoms with E-state index in [9.17, 15) is 4.79 Å². The summed E-state index contributed by atoms with van der Waals surface area (Å²) in [6, 6.07) is 19.1. The van der Waals surface area contributed by atoms with Crippen molar-refractivity contribution in [3.8, 4) is 11.3 Å². The number of rotatable bonds is 4. The van der Waals surface area contributed by atoms with E-state index in [1.54, 1.807) is 0 Å². The number of aryl methyl sites for hydroxylation is 1. The third-order valence-corrected chi connectivity index (χ3v) is 3.53. The van der Waals surface area contributed by atoms with Crippen LogP contribution in [0, 0.1) is 6.92 Å². The third-order valence-electron chi connectivity index (χ3n) is 3.53. The van der Waals surface area contributed by atoms with Crippen LogP contribution in [0.5, 0.6) is 0 Å². The van der Waals surface area contributed by atoms with Crippen molar-refractivity contribution < 1.29 is 4.79 Å². The fourth-order valence-electron chi connectivity index (χ4n) is 2.24. The van der Waals surface area contributed by atoms with Gasteiger partial charge in [0.25, 0.3) is 0 Å². The van der Waals surface area contributed by atoms with Gasteiger partial charge in [0.15, 0.2) is 0 Å². The van der Waals surface area contributed by atoms with Crippen molar-refractivity contribution in [2.45, 2.75) is 13.5 Å². The fourth-order valence-corrected chi connectivity index (χ4v) is 2.24. The summed E-state index contributed by atoms with van der Waals surface area (Å²) < 4.78 is 0. The molecule has 0 aliphatic heterocycles. The van der Waals surface area contributed by atoms with Crippen molar-refractivity contribution in [3.63, 3.8) is 0 Å². The van der Waals surface area contributed by atoms with Gasteiger partial charge in [0, 0.05) is 11.3 Å². The Morgan fingerprint density at radius 3 is 2.50 bits per heavy atom. The molecule has 0 saturated heterocycles. The molecule has 0 unspecified atom stereocenters. The quantitative estimate of drug-likeness (QED) is 0.769. The summed E-state index contributed by atoms with van der Waals surface area (Å²) in [6.07, 6.45) is 1.51. The van der Waals surface area contributed by atoms with Crippen molar-refractivity contribution in [1.82, 2.24) is 15.3 Å². The monoisotopic (exact) mass is 318 g/mol. The molecule has 5 nitrogen and oxygen atoms in total. The van der Waals surface area contributed by atoms with E-state index in [1.165, 1.54) is 6.33 Å². The number of amides is 2. The van der Waals surface area contributed by atoms with Crippen LogP contribution in [0.4, 0.5) is 10.5 Å². The lowest BCUT2D eigenvalue weighted by Gasteiger charge is -2.08. The van der Waals surface area contributed by atoms with Crippen molar-refractivity contribution in [2.75, 3.05) is 5.32 Å². The van der Waals surface area contributed by atoms with Crippen LogP contribution in [0.2, 0.25) is 0 Å². The highest BCUT2D eigenvalue weighted by atomic mass is 16.2. The van der Waals surface area contributed by atoms with Gasteiger partial charge in [-0.2, -0.15) is 0 Å². The largest absolute Gasteiger partial charge is 0.332 e. The first-order chi connectivity index (χ1) is 11.7. The first-order valence-corrected chi connectivity index (χ1v) is 7.68. The standard InChI is InChI=1S/C19H18N4O/c1-14-7-9-16(10-8-14)23-19(24)20-12-17-11-18(22-13-21-17)15-5-3-2-4-6-15/h2-11,13H,12H2,1H3,(H2,20,23,24). The van der Waals surface area contributed by atoms with Gasteiger partial charge in [0.05, 0.1) is 17.9 Å². The molecular weight excluding hydrogens is 300 g/mol. The number of carbonyl (C=O) groups excluding carboxylic acids is 1. The third kappa shape index (κ3) is 4.16. The second kappa shape index (κ2) is 7.37. The van der Waals surface area contributed by atoms with E-state index in [4.69, 9.17) is 0 Å². The number of nitrogens with one attached hydrogen (secondary N) is 2. The Morgan fingerprint density at radius 1 is 1.00 bits per heavy atom. The van der Waals surface area contributed by atoms with E-state index in [1.807, 2.05) is 67.6 Å². The highest BCUT2D eigenvalue weighted by Gasteiger charge is 2.05. The SMILES string of the molecule is Cc1ccc(NC(=O)NCc2cc(-c3ccccc3)ncn2)cc1. The molecule has 0 aliphatic rings. The summed E-state index contributed by atoms with van der Waals surface area (Å²) in [5.41, 5.74) is 4.51. The minimum atomic E-state index is -0.265. The van der Waals surface area contributed by atoms with Gasteiger partial charge in [-0.15, -0.1) is 0 Å². The minimum absolute atomic E-state index is 0.265. The molecule has 0 radical (unpaired) electrons. The van der Waals surface area contributed by atoms with E-state index in [-0.39, 0.29) is 6.03 Å². The Bertz CT molecular complexity index is 816. The van der Waals surface area contributed by atoms with Crippen LogP contribution in [0.1, 0.15) is 11.3 Å². The number of aromatic nitrogens is 2. The topological polar surface area (TPSA) is 66.9 Å². The summed E-state index contributed by atoms with van der Waals surface area (Å²) in [5, 5.41) is 5.59. The maximum atomic E-state index is 12.0. The van der Waals surface area contributed by atoms with Crippen molar-refractivity contribution in [2.24, 2.45) is 0 Å². The number of hydrogen-bond acceptors (Lipinski definition) is 3. The van der Waals surface area contributed by atoms with Crippen molar-refractivity contribution in [3.05, 3.63) is 78.2 Å². The van der Waals surface area contributed by atoms with Gasteiger partial charge in [-0.1, -0.05) is 48.0 Å². The molecule has 2 aromatic carbocycles. The van der Waals surface area contributed by atoms with Gasteiger partial charge in [-0.25, -0.2) is 14.8 Å². The van der Waals surface area contributed by atoms with E-state index in [0.29, 0.717) is 6.54 Å². The van der Waals surface area contributed by atoms with Crippen LogP contribution in [-0.4, -0.2) is 16.0 Å². The lowest BCUT2D eigenvalue weighted by Crippen LogP contribution is -2.28. The fraction of sp³-hybridized carbons (Fsp3) is 0.105. The number of urea groups is 1. The van der Waals surface area contributed by atoms with E-state index >= 15 is 0 Å². The average Bonchev–Trinajstić information content (AvgIpc) is 2.63. The molecular formula is C19H18N4O. The number of nitrogens with zero attached hydrogens (tertiary/aromatic N) is 2. The molecule has 120 valence electrons. The molecule has 0 spiro atoms. The molecule has 0 atom stereocenters. The summed E-state index contributed by atoms with van der Waals surface area (Å²) in [5.74, 6) is 0. The molecule has 3 rings (SSSR count). The van der Waals surface area contributed by atoms with Crippen molar-refractivity contribution in [1.29, 1.82) is 0 Å². The zero-order valence-electron chi connectivity index (χ0n) is 13.4. The molecule has 0 saturated carbocycles. The number of carbonyl (C=O) groups is 1. The predicted octanol–water partition coefficient (Wildman–Crippen LogP) is 3.77.